The van der Waals surface area contributed by atoms with E-state index in [2.05, 4.69) is 17.3 Å². The van der Waals surface area contributed by atoms with Crippen LogP contribution in [0.5, 0.6) is 0 Å². The second kappa shape index (κ2) is 7.09. The van der Waals surface area contributed by atoms with Crippen LogP contribution < -0.4 is 0 Å². The highest BCUT2D eigenvalue weighted by atomic mass is 16.4. The van der Waals surface area contributed by atoms with Crippen LogP contribution in [-0.2, 0) is 11.2 Å². The first-order valence-electron chi connectivity index (χ1n) is 7.88. The van der Waals surface area contributed by atoms with Crippen LogP contribution in [0.1, 0.15) is 23.5 Å². The molecule has 1 fully saturated rings. The number of carbonyl (C=O) groups excluding carboxylic acids is 1. The number of hydrogen-bond acceptors (Lipinski definition) is 3. The van der Waals surface area contributed by atoms with Crippen LogP contribution in [0, 0.1) is 0 Å². The zero-order valence-corrected chi connectivity index (χ0v) is 12.9. The van der Waals surface area contributed by atoms with Gasteiger partial charge in [0.25, 0.3) is 0 Å². The quantitative estimate of drug-likeness (QED) is 0.697. The maximum Gasteiger partial charge on any atom is 0.235 e. The second-order valence-electron chi connectivity index (χ2n) is 5.75. The average molecular weight is 308 g/mol. The predicted octanol–water partition coefficient (Wildman–Crippen LogP) is 3.08. The van der Waals surface area contributed by atoms with Crippen molar-refractivity contribution >= 4 is 11.6 Å². The van der Waals surface area contributed by atoms with Gasteiger partial charge in [0.05, 0.1) is 5.71 Å². The van der Waals surface area contributed by atoms with E-state index >= 15 is 0 Å². The first-order chi connectivity index (χ1) is 11.3. The van der Waals surface area contributed by atoms with Crippen molar-refractivity contribution in [2.75, 3.05) is 13.1 Å². The monoisotopic (exact) mass is 308 g/mol. The Bertz CT molecular complexity index is 683. The van der Waals surface area contributed by atoms with Crippen molar-refractivity contribution in [2.24, 2.45) is 5.16 Å². The number of benzene rings is 2. The van der Waals surface area contributed by atoms with Gasteiger partial charge < -0.3 is 10.1 Å². The van der Waals surface area contributed by atoms with Gasteiger partial charge >= 0.3 is 0 Å². The fourth-order valence-corrected chi connectivity index (χ4v) is 3.05. The highest BCUT2D eigenvalue weighted by Crippen LogP contribution is 2.26. The molecule has 4 nitrogen and oxygen atoms in total. The molecule has 1 amide bonds. The molecule has 0 spiro atoms. The van der Waals surface area contributed by atoms with Crippen LogP contribution in [0.2, 0.25) is 0 Å². The molecular formula is C19H20N2O2. The number of likely N-dealkylation sites (tertiary alicyclic amines) is 1. The van der Waals surface area contributed by atoms with Gasteiger partial charge in [0.1, 0.15) is 5.92 Å². The topological polar surface area (TPSA) is 52.9 Å². The third-order valence-electron chi connectivity index (χ3n) is 4.30. The van der Waals surface area contributed by atoms with E-state index in [1.165, 1.54) is 5.56 Å². The zero-order valence-electron chi connectivity index (χ0n) is 12.9. The maximum absolute atomic E-state index is 12.9. The minimum absolute atomic E-state index is 0.0196. The van der Waals surface area contributed by atoms with Crippen molar-refractivity contribution in [3.05, 3.63) is 71.8 Å². The standard InChI is InChI=1S/C19H20N2O2/c22-19-18(16-9-5-2-6-10-16)17(20-23)12-14-21(19)13-11-15-7-3-1-4-8-15/h1-10,18,23H,11-14H2. The molecule has 1 aliphatic heterocycles. The molecule has 0 saturated carbocycles. The lowest BCUT2D eigenvalue weighted by atomic mass is 9.87. The van der Waals surface area contributed by atoms with Gasteiger partial charge in [0.2, 0.25) is 5.91 Å². The van der Waals surface area contributed by atoms with Gasteiger partial charge in [-0.15, -0.1) is 0 Å². The summed E-state index contributed by atoms with van der Waals surface area (Å²) in [5.41, 5.74) is 2.66. The Morgan fingerprint density at radius 1 is 1.04 bits per heavy atom. The van der Waals surface area contributed by atoms with E-state index in [0.29, 0.717) is 25.2 Å². The Labute approximate surface area is 136 Å². The summed E-state index contributed by atoms with van der Waals surface area (Å²) in [6.07, 6.45) is 1.44. The van der Waals surface area contributed by atoms with E-state index in [9.17, 15) is 10.0 Å². The van der Waals surface area contributed by atoms with Crippen LogP contribution in [0.3, 0.4) is 0 Å². The highest BCUT2D eigenvalue weighted by molar-refractivity contribution is 6.10. The Morgan fingerprint density at radius 3 is 2.35 bits per heavy atom. The van der Waals surface area contributed by atoms with Gasteiger partial charge in [-0.1, -0.05) is 65.8 Å². The molecule has 0 bridgehead atoms. The van der Waals surface area contributed by atoms with E-state index in [1.54, 1.807) is 0 Å². The maximum atomic E-state index is 12.9. The molecule has 0 aliphatic carbocycles. The molecular weight excluding hydrogens is 288 g/mol. The first-order valence-corrected chi connectivity index (χ1v) is 7.88. The lowest BCUT2D eigenvalue weighted by Gasteiger charge is -2.33. The molecule has 2 aromatic carbocycles. The number of amides is 1. The smallest absolute Gasteiger partial charge is 0.235 e. The molecule has 2 aromatic rings. The molecule has 0 radical (unpaired) electrons. The summed E-state index contributed by atoms with van der Waals surface area (Å²) >= 11 is 0. The fourth-order valence-electron chi connectivity index (χ4n) is 3.05. The third-order valence-corrected chi connectivity index (χ3v) is 4.30. The zero-order chi connectivity index (χ0) is 16.1. The minimum Gasteiger partial charge on any atom is -0.411 e. The Kier molecular flexibility index (Phi) is 4.71. The van der Waals surface area contributed by atoms with Gasteiger partial charge in [-0.05, 0) is 17.5 Å². The van der Waals surface area contributed by atoms with Crippen molar-refractivity contribution < 1.29 is 10.0 Å². The largest absolute Gasteiger partial charge is 0.411 e. The van der Waals surface area contributed by atoms with E-state index in [4.69, 9.17) is 0 Å². The van der Waals surface area contributed by atoms with Gasteiger partial charge in [-0.2, -0.15) is 0 Å². The van der Waals surface area contributed by atoms with Gasteiger partial charge in [-0.3, -0.25) is 4.79 Å². The van der Waals surface area contributed by atoms with Crippen molar-refractivity contribution in [2.45, 2.75) is 18.8 Å². The van der Waals surface area contributed by atoms with Crippen molar-refractivity contribution in [3.63, 3.8) is 0 Å². The van der Waals surface area contributed by atoms with Gasteiger partial charge in [-0.25, -0.2) is 0 Å². The van der Waals surface area contributed by atoms with Crippen LogP contribution in [0.25, 0.3) is 0 Å². The van der Waals surface area contributed by atoms with Crippen LogP contribution in [-0.4, -0.2) is 34.8 Å². The molecule has 1 aliphatic rings. The third kappa shape index (κ3) is 3.42. The average Bonchev–Trinajstić information content (AvgIpc) is 2.62. The number of carbonyl (C=O) groups is 1. The normalized spacial score (nSPS) is 20.0. The lowest BCUT2D eigenvalue weighted by molar-refractivity contribution is -0.132. The van der Waals surface area contributed by atoms with E-state index in [-0.39, 0.29) is 5.91 Å². The SMILES string of the molecule is O=C1C(c2ccccc2)C(=NO)CCN1CCc1ccccc1. The summed E-state index contributed by atoms with van der Waals surface area (Å²) in [5, 5.41) is 12.6. The summed E-state index contributed by atoms with van der Waals surface area (Å²) in [7, 11) is 0. The summed E-state index contributed by atoms with van der Waals surface area (Å²) in [6.45, 7) is 1.29. The Morgan fingerprint density at radius 2 is 1.70 bits per heavy atom. The number of nitrogens with zero attached hydrogens (tertiary/aromatic N) is 2. The number of hydrogen-bond donors (Lipinski definition) is 1. The van der Waals surface area contributed by atoms with Crippen molar-refractivity contribution in [1.29, 1.82) is 0 Å². The summed E-state index contributed by atoms with van der Waals surface area (Å²) in [5.74, 6) is -0.447. The van der Waals surface area contributed by atoms with Crippen LogP contribution >= 0.6 is 0 Å². The predicted molar refractivity (Wildman–Crippen MR) is 89.7 cm³/mol. The summed E-state index contributed by atoms with van der Waals surface area (Å²) in [4.78, 5) is 14.7. The first kappa shape index (κ1) is 15.3. The fraction of sp³-hybridized carbons (Fsp3) is 0.263. The number of rotatable bonds is 4. The molecule has 3 rings (SSSR count). The van der Waals surface area contributed by atoms with E-state index < -0.39 is 5.92 Å². The Balaban J connectivity index is 1.75. The highest BCUT2D eigenvalue weighted by Gasteiger charge is 2.35. The number of piperidine rings is 1. The second-order valence-corrected chi connectivity index (χ2v) is 5.75. The van der Waals surface area contributed by atoms with Crippen molar-refractivity contribution in [1.82, 2.24) is 4.90 Å². The molecule has 1 heterocycles. The van der Waals surface area contributed by atoms with Gasteiger partial charge in [0, 0.05) is 19.5 Å². The van der Waals surface area contributed by atoms with Crippen LogP contribution in [0.4, 0.5) is 0 Å². The molecule has 1 N–H and O–H groups in total. The molecule has 1 unspecified atom stereocenters. The summed E-state index contributed by atoms with van der Waals surface area (Å²) in [6, 6.07) is 19.7. The van der Waals surface area contributed by atoms with E-state index in [0.717, 1.165) is 12.0 Å². The van der Waals surface area contributed by atoms with Gasteiger partial charge in [0.15, 0.2) is 0 Å². The van der Waals surface area contributed by atoms with Crippen LogP contribution in [0.15, 0.2) is 65.8 Å². The molecule has 1 saturated heterocycles. The molecule has 23 heavy (non-hydrogen) atoms. The Hall–Kier alpha value is -2.62. The lowest BCUT2D eigenvalue weighted by Crippen LogP contribution is -2.45. The minimum atomic E-state index is -0.467. The van der Waals surface area contributed by atoms with Crippen molar-refractivity contribution in [3.8, 4) is 0 Å². The van der Waals surface area contributed by atoms with E-state index in [1.807, 2.05) is 53.4 Å². The molecule has 118 valence electrons. The molecule has 0 aromatic heterocycles. The molecule has 1 atom stereocenters. The summed E-state index contributed by atoms with van der Waals surface area (Å²) < 4.78 is 0. The molecule has 4 heteroatoms. The number of oxime groups is 1.